The fourth-order valence-electron chi connectivity index (χ4n) is 1.52. The van der Waals surface area contributed by atoms with Crippen molar-refractivity contribution in [3.05, 3.63) is 47.0 Å². The van der Waals surface area contributed by atoms with E-state index in [1.165, 1.54) is 0 Å². The predicted octanol–water partition coefficient (Wildman–Crippen LogP) is 3.66. The molecule has 0 aliphatic carbocycles. The van der Waals surface area contributed by atoms with Crippen molar-refractivity contribution in [2.24, 2.45) is 0 Å². The van der Waals surface area contributed by atoms with Crippen molar-refractivity contribution in [2.45, 2.75) is 17.4 Å². The van der Waals surface area contributed by atoms with Crippen molar-refractivity contribution in [3.8, 4) is 0 Å². The van der Waals surface area contributed by atoms with Gasteiger partial charge in [0.15, 0.2) is 10.5 Å². The van der Waals surface area contributed by atoms with Gasteiger partial charge in [-0.15, -0.1) is 0 Å². The van der Waals surface area contributed by atoms with E-state index < -0.39 is 22.7 Å². The quantitative estimate of drug-likeness (QED) is 0.627. The normalized spacial score (nSPS) is 18.9. The number of halogens is 4. The van der Waals surface area contributed by atoms with Crippen molar-refractivity contribution in [1.82, 2.24) is 5.06 Å². The van der Waals surface area contributed by atoms with E-state index in [1.807, 2.05) is 0 Å². The Labute approximate surface area is 122 Å². The monoisotopic (exact) mass is 323 g/mol. The Morgan fingerprint density at radius 2 is 2.00 bits per heavy atom. The smallest absolute Gasteiger partial charge is 0.338 e. The first-order chi connectivity index (χ1) is 9.38. The molecule has 2 rings (SSSR count). The van der Waals surface area contributed by atoms with Gasteiger partial charge in [-0.1, -0.05) is 53.7 Å². The van der Waals surface area contributed by atoms with Gasteiger partial charge in [0.05, 0.1) is 6.42 Å². The molecular formula is C12H9ClF3NO2S. The van der Waals surface area contributed by atoms with Crippen LogP contribution in [-0.2, 0) is 16.1 Å². The van der Waals surface area contributed by atoms with Crippen molar-refractivity contribution in [1.29, 1.82) is 0 Å². The third kappa shape index (κ3) is 3.61. The zero-order valence-electron chi connectivity index (χ0n) is 9.93. The van der Waals surface area contributed by atoms with E-state index in [0.29, 0.717) is 10.6 Å². The number of nitrogens with zero attached hydrogens (tertiary/aromatic N) is 1. The van der Waals surface area contributed by atoms with Crippen LogP contribution in [-0.4, -0.2) is 22.0 Å². The SMILES string of the molecule is O=C(Cc1ccccc1)ON1C(C(F)(F)F)=CSC1Cl. The van der Waals surface area contributed by atoms with Crippen LogP contribution in [0.3, 0.4) is 0 Å². The maximum atomic E-state index is 12.7. The number of benzene rings is 1. The van der Waals surface area contributed by atoms with Gasteiger partial charge in [-0.05, 0) is 5.56 Å². The minimum absolute atomic E-state index is 0.128. The van der Waals surface area contributed by atoms with Crippen LogP contribution < -0.4 is 0 Å². The molecule has 0 bridgehead atoms. The topological polar surface area (TPSA) is 29.5 Å². The molecule has 0 radical (unpaired) electrons. The number of alkyl halides is 4. The molecule has 1 aromatic carbocycles. The Morgan fingerprint density at radius 3 is 2.60 bits per heavy atom. The summed E-state index contributed by atoms with van der Waals surface area (Å²) in [6.45, 7) is 0. The lowest BCUT2D eigenvalue weighted by molar-refractivity contribution is -0.199. The zero-order chi connectivity index (χ0) is 14.8. The molecule has 0 saturated carbocycles. The Balaban J connectivity index is 2.01. The molecule has 1 aliphatic heterocycles. The van der Waals surface area contributed by atoms with Crippen LogP contribution in [0.4, 0.5) is 13.2 Å². The van der Waals surface area contributed by atoms with Crippen LogP contribution >= 0.6 is 23.4 Å². The van der Waals surface area contributed by atoms with E-state index in [4.69, 9.17) is 16.4 Å². The first-order valence-corrected chi connectivity index (χ1v) is 6.86. The zero-order valence-corrected chi connectivity index (χ0v) is 11.5. The van der Waals surface area contributed by atoms with E-state index in [-0.39, 0.29) is 6.42 Å². The second-order valence-corrected chi connectivity index (χ2v) is 5.51. The van der Waals surface area contributed by atoms with E-state index in [9.17, 15) is 18.0 Å². The number of hydroxylamine groups is 2. The summed E-state index contributed by atoms with van der Waals surface area (Å²) in [4.78, 5) is 15.3. The number of hydrogen-bond acceptors (Lipinski definition) is 4. The molecular weight excluding hydrogens is 315 g/mol. The number of rotatable bonds is 3. The van der Waals surface area contributed by atoms with Crippen LogP contribution in [0.15, 0.2) is 41.4 Å². The molecule has 1 heterocycles. The van der Waals surface area contributed by atoms with Crippen LogP contribution in [0.1, 0.15) is 5.56 Å². The van der Waals surface area contributed by atoms with Crippen LogP contribution in [0.2, 0.25) is 0 Å². The van der Waals surface area contributed by atoms with Gasteiger partial charge >= 0.3 is 12.1 Å². The molecule has 0 saturated heterocycles. The molecule has 0 amide bonds. The van der Waals surface area contributed by atoms with Crippen molar-refractivity contribution >= 4 is 29.3 Å². The van der Waals surface area contributed by atoms with E-state index >= 15 is 0 Å². The molecule has 0 aromatic heterocycles. The summed E-state index contributed by atoms with van der Waals surface area (Å²) < 4.78 is 38.1. The van der Waals surface area contributed by atoms with Crippen LogP contribution in [0, 0.1) is 0 Å². The van der Waals surface area contributed by atoms with Crippen LogP contribution in [0.25, 0.3) is 0 Å². The summed E-state index contributed by atoms with van der Waals surface area (Å²) in [5.74, 6) is -0.806. The molecule has 20 heavy (non-hydrogen) atoms. The predicted molar refractivity (Wildman–Crippen MR) is 69.4 cm³/mol. The molecule has 8 heteroatoms. The van der Waals surface area contributed by atoms with Gasteiger partial charge in [0.25, 0.3) is 0 Å². The maximum Gasteiger partial charge on any atom is 0.434 e. The molecule has 0 fully saturated rings. The highest BCUT2D eigenvalue weighted by Crippen LogP contribution is 2.41. The number of carbonyl (C=O) groups excluding carboxylic acids is 1. The lowest BCUT2D eigenvalue weighted by atomic mass is 10.2. The average Bonchev–Trinajstić information content (AvgIpc) is 2.72. The third-order valence-corrected chi connectivity index (χ3v) is 3.66. The van der Waals surface area contributed by atoms with Gasteiger partial charge < -0.3 is 4.84 Å². The van der Waals surface area contributed by atoms with Gasteiger partial charge in [0, 0.05) is 5.41 Å². The molecule has 0 N–H and O–H groups in total. The molecule has 1 unspecified atom stereocenters. The van der Waals surface area contributed by atoms with Gasteiger partial charge in [-0.2, -0.15) is 18.2 Å². The Morgan fingerprint density at radius 1 is 1.35 bits per heavy atom. The van der Waals surface area contributed by atoms with E-state index in [1.54, 1.807) is 30.3 Å². The highest BCUT2D eigenvalue weighted by molar-refractivity contribution is 8.04. The highest BCUT2D eigenvalue weighted by atomic mass is 35.5. The van der Waals surface area contributed by atoms with Gasteiger partial charge in [0.2, 0.25) is 0 Å². The molecule has 1 atom stereocenters. The summed E-state index contributed by atoms with van der Waals surface area (Å²) in [6.07, 6.45) is -4.75. The molecule has 3 nitrogen and oxygen atoms in total. The molecule has 0 spiro atoms. The van der Waals surface area contributed by atoms with E-state index in [2.05, 4.69) is 0 Å². The summed E-state index contributed by atoms with van der Waals surface area (Å²) in [6, 6.07) is 8.57. The van der Waals surface area contributed by atoms with Crippen molar-refractivity contribution in [2.75, 3.05) is 0 Å². The summed E-state index contributed by atoms with van der Waals surface area (Å²) in [7, 11) is 0. The second kappa shape index (κ2) is 5.97. The summed E-state index contributed by atoms with van der Waals surface area (Å²) >= 11 is 6.41. The second-order valence-electron chi connectivity index (χ2n) is 3.88. The number of carbonyl (C=O) groups is 1. The number of thioether (sulfide) groups is 1. The molecule has 1 aliphatic rings. The van der Waals surface area contributed by atoms with Gasteiger partial charge in [0.1, 0.15) is 0 Å². The minimum atomic E-state index is -4.62. The molecule has 1 aromatic rings. The van der Waals surface area contributed by atoms with Crippen molar-refractivity contribution < 1.29 is 22.8 Å². The lowest BCUT2D eigenvalue weighted by Crippen LogP contribution is -2.34. The Kier molecular flexibility index (Phi) is 4.49. The largest absolute Gasteiger partial charge is 0.434 e. The van der Waals surface area contributed by atoms with Gasteiger partial charge in [-0.25, -0.2) is 4.79 Å². The fourth-order valence-corrected chi connectivity index (χ4v) is 2.57. The first kappa shape index (κ1) is 15.1. The standard InChI is InChI=1S/C12H9ClF3NO2S/c13-11-17(9(7-20-11)12(14,15)16)19-10(18)6-8-4-2-1-3-5-8/h1-5,7,11H,6H2. The average molecular weight is 324 g/mol. The lowest BCUT2D eigenvalue weighted by Gasteiger charge is -2.24. The highest BCUT2D eigenvalue weighted by Gasteiger charge is 2.45. The first-order valence-electron chi connectivity index (χ1n) is 5.49. The van der Waals surface area contributed by atoms with Crippen LogP contribution in [0.5, 0.6) is 0 Å². The number of hydrogen-bond donors (Lipinski definition) is 0. The summed E-state index contributed by atoms with van der Waals surface area (Å²) in [5, 5.41) is 1.21. The van der Waals surface area contributed by atoms with Crippen molar-refractivity contribution in [3.63, 3.8) is 0 Å². The molecule has 108 valence electrons. The third-order valence-electron chi connectivity index (χ3n) is 2.40. The Hall–Kier alpha value is -1.34. The fraction of sp³-hybridized carbons (Fsp3) is 0.250. The van der Waals surface area contributed by atoms with E-state index in [0.717, 1.165) is 17.2 Å². The summed E-state index contributed by atoms with van der Waals surface area (Å²) in [5.41, 5.74) is -0.433. The maximum absolute atomic E-state index is 12.7. The minimum Gasteiger partial charge on any atom is -0.338 e. The number of allylic oxidation sites excluding steroid dienone is 1. The Bertz CT molecular complexity index is 521. The van der Waals surface area contributed by atoms with Gasteiger partial charge in [-0.3, -0.25) is 0 Å².